The normalized spacial score (nSPS) is 25.7. The van der Waals surface area contributed by atoms with Crippen molar-refractivity contribution < 1.29 is 33.2 Å². The summed E-state index contributed by atoms with van der Waals surface area (Å²) in [5.41, 5.74) is -0.734. The molecule has 0 aromatic rings. The largest absolute Gasteiger partial charge is 0.509 e. The third-order valence-corrected chi connectivity index (χ3v) is 6.26. The van der Waals surface area contributed by atoms with Gasteiger partial charge in [0.05, 0.1) is 19.3 Å². The fourth-order valence-corrected chi connectivity index (χ4v) is 4.07. The van der Waals surface area contributed by atoms with Crippen LogP contribution in [0.2, 0.25) is 0 Å². The van der Waals surface area contributed by atoms with Crippen molar-refractivity contribution in [3.8, 4) is 11.8 Å². The maximum Gasteiger partial charge on any atom is 0.509 e. The van der Waals surface area contributed by atoms with Crippen LogP contribution in [0.25, 0.3) is 0 Å². The van der Waals surface area contributed by atoms with E-state index < -0.39 is 28.7 Å². The molecule has 0 aliphatic heterocycles. The number of hydrogen-bond donors (Lipinski definition) is 0. The second-order valence-corrected chi connectivity index (χ2v) is 10.1. The van der Waals surface area contributed by atoms with Gasteiger partial charge in [-0.25, -0.2) is 4.79 Å². The predicted molar refractivity (Wildman–Crippen MR) is 128 cm³/mol. The van der Waals surface area contributed by atoms with E-state index in [1.807, 2.05) is 47.6 Å². The Kier molecular flexibility index (Phi) is 10.4. The van der Waals surface area contributed by atoms with Crippen molar-refractivity contribution in [1.82, 2.24) is 0 Å². The molecule has 0 saturated heterocycles. The molecule has 1 aliphatic rings. The van der Waals surface area contributed by atoms with Gasteiger partial charge in [0.2, 0.25) is 0 Å². The maximum absolute atomic E-state index is 12.5. The second kappa shape index (κ2) is 11.7. The van der Waals surface area contributed by atoms with Gasteiger partial charge in [-0.1, -0.05) is 26.7 Å². The molecule has 3 atom stereocenters. The Morgan fingerprint density at radius 2 is 1.73 bits per heavy atom. The van der Waals surface area contributed by atoms with Gasteiger partial charge in [-0.3, -0.25) is 0 Å². The number of allylic oxidation sites excluding steroid dienone is 1. The van der Waals surface area contributed by atoms with Crippen LogP contribution < -0.4 is 0 Å². The van der Waals surface area contributed by atoms with E-state index in [0.717, 1.165) is 5.57 Å². The summed E-state index contributed by atoms with van der Waals surface area (Å²) < 4.78 is 33.8. The fraction of sp³-hybridized carbons (Fsp3) is 0.808. The molecule has 1 fully saturated rings. The first-order valence-electron chi connectivity index (χ1n) is 11.6. The highest BCUT2D eigenvalue weighted by Crippen LogP contribution is 2.50. The first-order valence-corrected chi connectivity index (χ1v) is 11.6. The zero-order valence-corrected chi connectivity index (χ0v) is 22.4. The van der Waals surface area contributed by atoms with Crippen LogP contribution in [0.1, 0.15) is 75.2 Å². The lowest BCUT2D eigenvalue weighted by Gasteiger charge is -2.52. The summed E-state index contributed by atoms with van der Waals surface area (Å²) in [7, 11) is 3.23. The van der Waals surface area contributed by atoms with E-state index in [1.165, 1.54) is 0 Å². The Bertz CT molecular complexity index is 741. The molecule has 33 heavy (non-hydrogen) atoms. The number of methoxy groups -OCH3 is 2. The molecule has 0 unspecified atom stereocenters. The Morgan fingerprint density at radius 1 is 1.12 bits per heavy atom. The lowest BCUT2D eigenvalue weighted by Crippen LogP contribution is -2.58. The van der Waals surface area contributed by atoms with Gasteiger partial charge in [0.1, 0.15) is 0 Å². The Labute approximate surface area is 200 Å². The molecule has 7 heteroatoms. The minimum atomic E-state index is -1.04. The van der Waals surface area contributed by atoms with Crippen LogP contribution >= 0.6 is 0 Å². The molecule has 0 radical (unpaired) electrons. The lowest BCUT2D eigenvalue weighted by atomic mass is 9.60. The molecule has 1 aliphatic carbocycles. The van der Waals surface area contributed by atoms with E-state index >= 15 is 0 Å². The van der Waals surface area contributed by atoms with Crippen molar-refractivity contribution in [3.05, 3.63) is 11.6 Å². The third-order valence-electron chi connectivity index (χ3n) is 6.26. The van der Waals surface area contributed by atoms with E-state index in [0.29, 0.717) is 19.4 Å². The van der Waals surface area contributed by atoms with Crippen LogP contribution in [-0.4, -0.2) is 56.9 Å². The van der Waals surface area contributed by atoms with Crippen molar-refractivity contribution in [1.29, 1.82) is 0 Å². The van der Waals surface area contributed by atoms with Gasteiger partial charge >= 0.3 is 6.16 Å². The summed E-state index contributed by atoms with van der Waals surface area (Å²) in [6, 6.07) is 0. The van der Waals surface area contributed by atoms with Gasteiger partial charge in [0.25, 0.3) is 0 Å². The molecule has 0 N–H and O–H groups in total. The van der Waals surface area contributed by atoms with Crippen LogP contribution in [-0.2, 0) is 28.4 Å². The van der Waals surface area contributed by atoms with Gasteiger partial charge in [0.15, 0.2) is 17.2 Å². The zero-order chi connectivity index (χ0) is 25.5. The molecule has 7 nitrogen and oxygen atoms in total. The highest BCUT2D eigenvalue weighted by molar-refractivity contribution is 5.62. The van der Waals surface area contributed by atoms with Crippen LogP contribution in [0.4, 0.5) is 4.79 Å². The first-order chi connectivity index (χ1) is 15.1. The first kappa shape index (κ1) is 29.4. The summed E-state index contributed by atoms with van der Waals surface area (Å²) in [6.07, 6.45) is 2.42. The molecular weight excluding hydrogens is 424 g/mol. The predicted octanol–water partition coefficient (Wildman–Crippen LogP) is 5.47. The van der Waals surface area contributed by atoms with Crippen molar-refractivity contribution >= 4 is 6.16 Å². The molecule has 0 aromatic carbocycles. The van der Waals surface area contributed by atoms with Crippen LogP contribution in [0, 0.1) is 23.2 Å². The molecule has 0 heterocycles. The summed E-state index contributed by atoms with van der Waals surface area (Å²) >= 11 is 0. The minimum absolute atomic E-state index is 0.0630. The van der Waals surface area contributed by atoms with E-state index in [1.54, 1.807) is 21.1 Å². The topological polar surface area (TPSA) is 72.5 Å². The number of ether oxygens (including phenoxy) is 6. The van der Waals surface area contributed by atoms with Crippen molar-refractivity contribution in [2.24, 2.45) is 11.3 Å². The third kappa shape index (κ3) is 8.29. The van der Waals surface area contributed by atoms with Crippen molar-refractivity contribution in [3.63, 3.8) is 0 Å². The lowest BCUT2D eigenvalue weighted by molar-refractivity contribution is -0.250. The standard InChI is InChI=1S/C26H44O7/c1-12-30-22(27)33-26(15-13-19(2)14-16-31-24(6,7)28-10)20(3)17-21(18-23(26,4)5)32-25(8,9)29-11/h14,20-21H,12,16-18H2,1-11H3/t20-,21-,26+/m1/s1. The van der Waals surface area contributed by atoms with Crippen molar-refractivity contribution in [2.45, 2.75) is 98.4 Å². The van der Waals surface area contributed by atoms with Crippen LogP contribution in [0.15, 0.2) is 11.6 Å². The van der Waals surface area contributed by atoms with E-state index in [9.17, 15) is 4.79 Å². The number of carbonyl (C=O) groups excluding carboxylic acids is 1. The number of rotatable bonds is 9. The maximum atomic E-state index is 12.5. The molecule has 1 rings (SSSR count). The molecule has 1 saturated carbocycles. The summed E-state index contributed by atoms with van der Waals surface area (Å²) in [5.74, 6) is 5.02. The van der Waals surface area contributed by atoms with Gasteiger partial charge in [0, 0.05) is 25.6 Å². The summed E-state index contributed by atoms with van der Waals surface area (Å²) in [6.45, 7) is 17.9. The van der Waals surface area contributed by atoms with Gasteiger partial charge in [-0.15, -0.1) is 0 Å². The monoisotopic (exact) mass is 468 g/mol. The number of carbonyl (C=O) groups is 1. The summed E-state index contributed by atoms with van der Waals surface area (Å²) in [5, 5.41) is 0. The zero-order valence-electron chi connectivity index (χ0n) is 22.4. The molecule has 0 bridgehead atoms. The highest BCUT2D eigenvalue weighted by Gasteiger charge is 2.57. The van der Waals surface area contributed by atoms with Gasteiger partial charge in [-0.2, -0.15) is 0 Å². The van der Waals surface area contributed by atoms with Gasteiger partial charge < -0.3 is 28.4 Å². The Balaban J connectivity index is 3.24. The molecule has 0 aromatic heterocycles. The molecular formula is C26H44O7. The molecule has 190 valence electrons. The Morgan fingerprint density at radius 3 is 2.24 bits per heavy atom. The molecule has 0 spiro atoms. The average molecular weight is 469 g/mol. The Hall–Kier alpha value is -1.59. The van der Waals surface area contributed by atoms with E-state index in [2.05, 4.69) is 25.7 Å². The SMILES string of the molecule is CCOC(=O)O[C@@]1(C#CC(C)=CCOC(C)(C)OC)[C@H](C)C[C@@H](OC(C)(C)OC)CC1(C)C. The van der Waals surface area contributed by atoms with Crippen LogP contribution in [0.3, 0.4) is 0 Å². The number of hydrogen-bond acceptors (Lipinski definition) is 7. The van der Waals surface area contributed by atoms with Crippen LogP contribution in [0.5, 0.6) is 0 Å². The second-order valence-electron chi connectivity index (χ2n) is 10.1. The average Bonchev–Trinajstić information content (AvgIpc) is 2.69. The van der Waals surface area contributed by atoms with E-state index in [-0.39, 0.29) is 18.6 Å². The molecule has 0 amide bonds. The smallest absolute Gasteiger partial charge is 0.435 e. The summed E-state index contributed by atoms with van der Waals surface area (Å²) in [4.78, 5) is 12.5. The quantitative estimate of drug-likeness (QED) is 0.252. The fourth-order valence-electron chi connectivity index (χ4n) is 4.07. The van der Waals surface area contributed by atoms with E-state index in [4.69, 9.17) is 28.4 Å². The minimum Gasteiger partial charge on any atom is -0.435 e. The highest BCUT2D eigenvalue weighted by atomic mass is 16.7. The van der Waals surface area contributed by atoms with Crippen molar-refractivity contribution in [2.75, 3.05) is 27.4 Å². The van der Waals surface area contributed by atoms with Gasteiger partial charge in [-0.05, 0) is 72.0 Å².